The van der Waals surface area contributed by atoms with Crippen LogP contribution in [0, 0.1) is 0 Å². The molecule has 7 nitrogen and oxygen atoms in total. The first-order valence-electron chi connectivity index (χ1n) is 15.4. The zero-order valence-corrected chi connectivity index (χ0v) is 24.6. The fourth-order valence-corrected chi connectivity index (χ4v) is 5.66. The molecule has 6 rings (SSSR count). The van der Waals surface area contributed by atoms with E-state index in [2.05, 4.69) is 34.5 Å². The normalized spacial score (nSPS) is 12.8. The highest BCUT2D eigenvalue weighted by atomic mass is 16.5. The number of hydrogen-bond donors (Lipinski definition) is 1. The maximum absolute atomic E-state index is 13.0. The van der Waals surface area contributed by atoms with E-state index in [0.717, 1.165) is 63.2 Å². The Morgan fingerprint density at radius 2 is 1.47 bits per heavy atom. The predicted molar refractivity (Wildman–Crippen MR) is 173 cm³/mol. The summed E-state index contributed by atoms with van der Waals surface area (Å²) < 4.78 is 5.67. The summed E-state index contributed by atoms with van der Waals surface area (Å²) in [6.07, 6.45) is 9.67. The van der Waals surface area contributed by atoms with Gasteiger partial charge in [0.1, 0.15) is 5.52 Å². The molecule has 0 fully saturated rings. The SMILES string of the molecule is CCCCCCCCCCOC(=O)c1ccc2c(c1)-c1ccccc1/C2=N/N(c1ccccc1)c1ccc2nn[nH]c2c1. The number of unbranched alkanes of at least 4 members (excludes halogenated alkanes) is 7. The average molecular weight is 572 g/mol. The number of para-hydroxylation sites is 1. The maximum atomic E-state index is 13.0. The summed E-state index contributed by atoms with van der Waals surface area (Å²) in [5.74, 6) is -0.277. The molecule has 4 aromatic carbocycles. The number of hydrazone groups is 1. The molecule has 1 N–H and O–H groups in total. The standard InChI is InChI=1S/C36H37N5O2/c1-2-3-4-5-6-7-8-14-23-43-36(42)26-19-21-31-32(24-26)29-17-12-13-18-30(29)35(31)39-41(27-15-10-9-11-16-27)28-20-22-33-34(25-28)38-40-37-33/h9-13,15-22,24-25H,2-8,14,23H2,1H3,(H,37,38,40)/b39-35-. The number of aromatic nitrogens is 3. The van der Waals surface area contributed by atoms with E-state index in [1.807, 2.05) is 83.9 Å². The molecule has 1 aliphatic carbocycles. The van der Waals surface area contributed by atoms with Crippen molar-refractivity contribution in [2.45, 2.75) is 58.3 Å². The van der Waals surface area contributed by atoms with Crippen LogP contribution in [0.15, 0.2) is 96.1 Å². The Hall–Kier alpha value is -4.78. The number of H-pyrrole nitrogens is 1. The van der Waals surface area contributed by atoms with E-state index < -0.39 is 0 Å². The van der Waals surface area contributed by atoms with Gasteiger partial charge in [-0.15, -0.1) is 5.10 Å². The molecule has 0 spiro atoms. The van der Waals surface area contributed by atoms with Gasteiger partial charge in [-0.25, -0.2) is 9.80 Å². The van der Waals surface area contributed by atoms with E-state index in [-0.39, 0.29) is 5.97 Å². The van der Waals surface area contributed by atoms with Crippen LogP contribution in [0.5, 0.6) is 0 Å². The average Bonchev–Trinajstić information content (AvgIpc) is 3.65. The second-order valence-electron chi connectivity index (χ2n) is 11.0. The second-order valence-corrected chi connectivity index (χ2v) is 11.0. The fourth-order valence-electron chi connectivity index (χ4n) is 5.66. The first-order valence-corrected chi connectivity index (χ1v) is 15.4. The summed E-state index contributed by atoms with van der Waals surface area (Å²) in [6, 6.07) is 30.0. The molecule has 43 heavy (non-hydrogen) atoms. The van der Waals surface area contributed by atoms with Gasteiger partial charge in [0.2, 0.25) is 0 Å². The van der Waals surface area contributed by atoms with Gasteiger partial charge in [-0.3, -0.25) is 5.10 Å². The van der Waals surface area contributed by atoms with Crippen LogP contribution >= 0.6 is 0 Å². The molecule has 1 heterocycles. The van der Waals surface area contributed by atoms with Crippen molar-refractivity contribution in [2.75, 3.05) is 11.6 Å². The van der Waals surface area contributed by atoms with Crippen LogP contribution in [0.2, 0.25) is 0 Å². The van der Waals surface area contributed by atoms with Crippen molar-refractivity contribution in [3.05, 3.63) is 108 Å². The minimum Gasteiger partial charge on any atom is -0.462 e. The third kappa shape index (κ3) is 6.36. The van der Waals surface area contributed by atoms with Crippen LogP contribution in [0.3, 0.4) is 0 Å². The Morgan fingerprint density at radius 3 is 2.28 bits per heavy atom. The van der Waals surface area contributed by atoms with Gasteiger partial charge in [-0.05, 0) is 60.0 Å². The van der Waals surface area contributed by atoms with E-state index in [1.54, 1.807) is 0 Å². The number of nitrogens with zero attached hydrogens (tertiary/aromatic N) is 4. The number of ether oxygens (including phenoxy) is 1. The Kier molecular flexibility index (Phi) is 8.88. The van der Waals surface area contributed by atoms with Crippen molar-refractivity contribution in [2.24, 2.45) is 5.10 Å². The lowest BCUT2D eigenvalue weighted by Crippen LogP contribution is -2.14. The van der Waals surface area contributed by atoms with Gasteiger partial charge in [0, 0.05) is 11.1 Å². The number of fused-ring (bicyclic) bond motifs is 4. The molecule has 0 saturated heterocycles. The summed E-state index contributed by atoms with van der Waals surface area (Å²) in [5, 5.41) is 18.2. The monoisotopic (exact) mass is 571 g/mol. The van der Waals surface area contributed by atoms with Crippen molar-refractivity contribution in [1.29, 1.82) is 0 Å². The number of nitrogens with one attached hydrogen (secondary N) is 1. The van der Waals surface area contributed by atoms with Gasteiger partial charge in [0.25, 0.3) is 0 Å². The summed E-state index contributed by atoms with van der Waals surface area (Å²) in [6.45, 7) is 2.69. The zero-order valence-electron chi connectivity index (χ0n) is 24.6. The van der Waals surface area contributed by atoms with E-state index in [0.29, 0.717) is 12.2 Å². The van der Waals surface area contributed by atoms with Crippen molar-refractivity contribution in [3.8, 4) is 11.1 Å². The van der Waals surface area contributed by atoms with Crippen molar-refractivity contribution in [1.82, 2.24) is 15.4 Å². The van der Waals surface area contributed by atoms with Gasteiger partial charge in [-0.2, -0.15) is 5.10 Å². The third-order valence-electron chi connectivity index (χ3n) is 7.97. The molecular formula is C36H37N5O2. The number of benzene rings is 4. The van der Waals surface area contributed by atoms with E-state index in [9.17, 15) is 4.79 Å². The molecule has 0 bridgehead atoms. The van der Waals surface area contributed by atoms with Crippen LogP contribution < -0.4 is 5.01 Å². The zero-order chi connectivity index (χ0) is 29.4. The van der Waals surface area contributed by atoms with Crippen LogP contribution in [-0.4, -0.2) is 33.7 Å². The van der Waals surface area contributed by atoms with E-state index in [1.165, 1.54) is 38.5 Å². The van der Waals surface area contributed by atoms with Gasteiger partial charge >= 0.3 is 5.97 Å². The summed E-state index contributed by atoms with van der Waals surface area (Å²) in [7, 11) is 0. The topological polar surface area (TPSA) is 83.5 Å². The highest BCUT2D eigenvalue weighted by Crippen LogP contribution is 2.39. The van der Waals surface area contributed by atoms with Gasteiger partial charge < -0.3 is 4.74 Å². The highest BCUT2D eigenvalue weighted by Gasteiger charge is 2.27. The summed E-state index contributed by atoms with van der Waals surface area (Å²) in [4.78, 5) is 13.0. The summed E-state index contributed by atoms with van der Waals surface area (Å²) >= 11 is 0. The van der Waals surface area contributed by atoms with Crippen molar-refractivity contribution >= 4 is 34.1 Å². The lowest BCUT2D eigenvalue weighted by atomic mass is 10.0. The molecule has 0 unspecified atom stereocenters. The lowest BCUT2D eigenvalue weighted by molar-refractivity contribution is 0.0497. The number of carbonyl (C=O) groups is 1. The van der Waals surface area contributed by atoms with Crippen LogP contribution in [0.1, 0.15) is 79.8 Å². The highest BCUT2D eigenvalue weighted by molar-refractivity contribution is 6.25. The van der Waals surface area contributed by atoms with Crippen molar-refractivity contribution in [3.63, 3.8) is 0 Å². The fraction of sp³-hybridized carbons (Fsp3) is 0.278. The van der Waals surface area contributed by atoms with E-state index >= 15 is 0 Å². The predicted octanol–water partition coefficient (Wildman–Crippen LogP) is 8.83. The van der Waals surface area contributed by atoms with Crippen LogP contribution in [0.25, 0.3) is 22.2 Å². The third-order valence-corrected chi connectivity index (χ3v) is 7.97. The van der Waals surface area contributed by atoms with Gasteiger partial charge in [-0.1, -0.05) is 106 Å². The molecule has 1 aliphatic rings. The molecule has 218 valence electrons. The van der Waals surface area contributed by atoms with Gasteiger partial charge in [0.15, 0.2) is 0 Å². The number of aromatic amines is 1. The molecule has 5 aromatic rings. The molecular weight excluding hydrogens is 534 g/mol. The minimum atomic E-state index is -0.277. The van der Waals surface area contributed by atoms with Gasteiger partial charge in [0.05, 0.1) is 34.8 Å². The molecule has 0 saturated carbocycles. The maximum Gasteiger partial charge on any atom is 0.338 e. The summed E-state index contributed by atoms with van der Waals surface area (Å²) in [5.41, 5.74) is 8.87. The molecule has 0 atom stereocenters. The molecule has 7 heteroatoms. The quantitative estimate of drug-likeness (QED) is 0.0850. The molecule has 0 amide bonds. The van der Waals surface area contributed by atoms with Crippen LogP contribution in [-0.2, 0) is 4.74 Å². The number of esters is 1. The van der Waals surface area contributed by atoms with Crippen LogP contribution in [0.4, 0.5) is 11.4 Å². The number of hydrogen-bond acceptors (Lipinski definition) is 6. The van der Waals surface area contributed by atoms with E-state index in [4.69, 9.17) is 9.84 Å². The number of rotatable bonds is 13. The first kappa shape index (κ1) is 28.3. The second kappa shape index (κ2) is 13.5. The minimum absolute atomic E-state index is 0.277. The number of anilines is 2. The Morgan fingerprint density at radius 1 is 0.744 bits per heavy atom. The lowest BCUT2D eigenvalue weighted by Gasteiger charge is -2.21. The Balaban J connectivity index is 1.24. The first-order chi connectivity index (χ1) is 21.2. The molecule has 0 radical (unpaired) electrons. The Bertz CT molecular complexity index is 1730. The molecule has 0 aliphatic heterocycles. The largest absolute Gasteiger partial charge is 0.462 e. The molecule has 1 aromatic heterocycles. The number of carbonyl (C=O) groups excluding carboxylic acids is 1. The Labute approximate surface area is 252 Å². The smallest absolute Gasteiger partial charge is 0.338 e. The van der Waals surface area contributed by atoms with Crippen molar-refractivity contribution < 1.29 is 9.53 Å².